The second-order valence-electron chi connectivity index (χ2n) is 4.74. The van der Waals surface area contributed by atoms with E-state index < -0.39 is 6.03 Å². The normalized spacial score (nSPS) is 10.2. The number of nitrogens with one attached hydrogen (secondary N) is 3. The van der Waals surface area contributed by atoms with Gasteiger partial charge >= 0.3 is 6.03 Å². The lowest BCUT2D eigenvalue weighted by molar-refractivity contribution is 0.0933. The molecule has 0 radical (unpaired) electrons. The van der Waals surface area contributed by atoms with Crippen molar-refractivity contribution >= 4 is 34.1 Å². The number of rotatable bonds is 6. The summed E-state index contributed by atoms with van der Waals surface area (Å²) in [6, 6.07) is 7.05. The maximum atomic E-state index is 11.9. The number of methoxy groups -OCH3 is 1. The van der Waals surface area contributed by atoms with Crippen molar-refractivity contribution in [3.05, 3.63) is 40.9 Å². The monoisotopic (exact) mass is 334 g/mol. The lowest BCUT2D eigenvalue weighted by atomic mass is 10.2. The summed E-state index contributed by atoms with van der Waals surface area (Å²) < 4.78 is 4.85. The number of hydrogen-bond acceptors (Lipinski definition) is 5. The minimum atomic E-state index is -0.406. The van der Waals surface area contributed by atoms with Crippen LogP contribution in [0.2, 0.25) is 0 Å². The molecule has 1 heterocycles. The highest BCUT2D eigenvalue weighted by atomic mass is 32.1. The summed E-state index contributed by atoms with van der Waals surface area (Å²) in [4.78, 5) is 27.8. The van der Waals surface area contributed by atoms with E-state index in [4.69, 9.17) is 4.74 Å². The highest BCUT2D eigenvalue weighted by Gasteiger charge is 2.12. The van der Waals surface area contributed by atoms with Gasteiger partial charge in [0.1, 0.15) is 5.69 Å². The molecule has 0 aliphatic rings. The molecule has 0 saturated heterocycles. The minimum Gasteiger partial charge on any atom is -0.383 e. The van der Waals surface area contributed by atoms with Crippen LogP contribution in [0.15, 0.2) is 29.6 Å². The molecular formula is C15H18N4O3S. The van der Waals surface area contributed by atoms with E-state index in [0.29, 0.717) is 24.0 Å². The Morgan fingerprint density at radius 2 is 2.13 bits per heavy atom. The number of aromatic nitrogens is 1. The van der Waals surface area contributed by atoms with Gasteiger partial charge < -0.3 is 15.4 Å². The van der Waals surface area contributed by atoms with Gasteiger partial charge in [-0.2, -0.15) is 0 Å². The number of amides is 3. The number of thiazole rings is 1. The molecule has 0 bridgehead atoms. The van der Waals surface area contributed by atoms with E-state index in [1.165, 1.54) is 11.3 Å². The van der Waals surface area contributed by atoms with Gasteiger partial charge in [-0.3, -0.25) is 10.1 Å². The summed E-state index contributed by atoms with van der Waals surface area (Å²) in [7, 11) is 1.56. The molecule has 1 aromatic heterocycles. The molecule has 3 N–H and O–H groups in total. The average Bonchev–Trinajstić information content (AvgIpc) is 2.95. The molecule has 1 aromatic carbocycles. The standard InChI is InChI=1S/C15H18N4O3S/c1-10-4-3-5-11(8-10)17-14(21)19-15-18-12(9-23-15)13(20)16-6-7-22-2/h3-5,8-9H,6-7H2,1-2H3,(H,16,20)(H2,17,18,19,21). The predicted octanol–water partition coefficient (Wildman–Crippen LogP) is 2.47. The summed E-state index contributed by atoms with van der Waals surface area (Å²) in [6.45, 7) is 2.78. The lowest BCUT2D eigenvalue weighted by Gasteiger charge is -2.05. The third-order valence-corrected chi connectivity index (χ3v) is 3.58. The highest BCUT2D eigenvalue weighted by molar-refractivity contribution is 7.14. The van der Waals surface area contributed by atoms with E-state index in [2.05, 4.69) is 20.9 Å². The zero-order valence-electron chi connectivity index (χ0n) is 12.9. The minimum absolute atomic E-state index is 0.261. The van der Waals surface area contributed by atoms with Crippen molar-refractivity contribution in [1.82, 2.24) is 10.3 Å². The Balaban J connectivity index is 1.88. The smallest absolute Gasteiger partial charge is 0.325 e. The molecule has 122 valence electrons. The Morgan fingerprint density at radius 3 is 2.87 bits per heavy atom. The molecular weight excluding hydrogens is 316 g/mol. The van der Waals surface area contributed by atoms with E-state index in [9.17, 15) is 9.59 Å². The summed E-state index contributed by atoms with van der Waals surface area (Å²) in [5.41, 5.74) is 2.00. The Bertz CT molecular complexity index is 687. The molecule has 0 aliphatic carbocycles. The second-order valence-corrected chi connectivity index (χ2v) is 5.59. The van der Waals surface area contributed by atoms with Gasteiger partial charge in [0.2, 0.25) is 0 Å². The molecule has 0 fully saturated rings. The molecule has 0 aliphatic heterocycles. The fourth-order valence-corrected chi connectivity index (χ4v) is 2.46. The average molecular weight is 334 g/mol. The van der Waals surface area contributed by atoms with Crippen LogP contribution in [-0.2, 0) is 4.74 Å². The molecule has 3 amide bonds. The molecule has 0 spiro atoms. The second kappa shape index (κ2) is 8.25. The van der Waals surface area contributed by atoms with E-state index in [1.54, 1.807) is 18.6 Å². The summed E-state index contributed by atoms with van der Waals surface area (Å²) >= 11 is 1.18. The quantitative estimate of drug-likeness (QED) is 0.708. The van der Waals surface area contributed by atoms with Crippen molar-refractivity contribution in [2.45, 2.75) is 6.92 Å². The van der Waals surface area contributed by atoms with Gasteiger partial charge in [-0.05, 0) is 24.6 Å². The van der Waals surface area contributed by atoms with E-state index >= 15 is 0 Å². The van der Waals surface area contributed by atoms with Crippen molar-refractivity contribution in [1.29, 1.82) is 0 Å². The van der Waals surface area contributed by atoms with Gasteiger partial charge in [0.05, 0.1) is 6.61 Å². The van der Waals surface area contributed by atoms with Crippen molar-refractivity contribution in [3.63, 3.8) is 0 Å². The largest absolute Gasteiger partial charge is 0.383 e. The van der Waals surface area contributed by atoms with Gasteiger partial charge in [0, 0.05) is 24.7 Å². The Labute approximate surface area is 138 Å². The predicted molar refractivity (Wildman–Crippen MR) is 90.1 cm³/mol. The van der Waals surface area contributed by atoms with Crippen LogP contribution in [0.5, 0.6) is 0 Å². The zero-order chi connectivity index (χ0) is 16.7. The lowest BCUT2D eigenvalue weighted by Crippen LogP contribution is -2.27. The first kappa shape index (κ1) is 16.9. The van der Waals surface area contributed by atoms with Crippen LogP contribution in [0.25, 0.3) is 0 Å². The number of carbonyl (C=O) groups is 2. The number of nitrogens with zero attached hydrogens (tertiary/aromatic N) is 1. The maximum absolute atomic E-state index is 11.9. The molecule has 0 unspecified atom stereocenters. The molecule has 7 nitrogen and oxygen atoms in total. The van der Waals surface area contributed by atoms with E-state index in [0.717, 1.165) is 5.56 Å². The number of hydrogen-bond donors (Lipinski definition) is 3. The Kier molecular flexibility index (Phi) is 6.07. The van der Waals surface area contributed by atoms with Crippen LogP contribution in [0.4, 0.5) is 15.6 Å². The zero-order valence-corrected chi connectivity index (χ0v) is 13.7. The first-order valence-electron chi connectivity index (χ1n) is 6.96. The topological polar surface area (TPSA) is 92.4 Å². The van der Waals surface area contributed by atoms with Gasteiger partial charge in [-0.15, -0.1) is 11.3 Å². The van der Waals surface area contributed by atoms with E-state index in [1.807, 2.05) is 25.1 Å². The summed E-state index contributed by atoms with van der Waals surface area (Å²) in [5.74, 6) is -0.301. The Hall–Kier alpha value is -2.45. The molecule has 2 aromatic rings. The first-order valence-corrected chi connectivity index (χ1v) is 7.84. The van der Waals surface area contributed by atoms with Crippen LogP contribution < -0.4 is 16.0 Å². The molecule has 0 atom stereocenters. The number of carbonyl (C=O) groups excluding carboxylic acids is 2. The molecule has 0 saturated carbocycles. The van der Waals surface area contributed by atoms with Crippen LogP contribution in [0, 0.1) is 6.92 Å². The summed E-state index contributed by atoms with van der Waals surface area (Å²) in [5, 5.41) is 9.92. The third kappa shape index (κ3) is 5.35. The van der Waals surface area contributed by atoms with Crippen LogP contribution in [-0.4, -0.2) is 37.2 Å². The fraction of sp³-hybridized carbons (Fsp3) is 0.267. The number of ether oxygens (including phenoxy) is 1. The number of urea groups is 1. The number of benzene rings is 1. The first-order chi connectivity index (χ1) is 11.1. The fourth-order valence-electron chi connectivity index (χ4n) is 1.77. The highest BCUT2D eigenvalue weighted by Crippen LogP contribution is 2.16. The van der Waals surface area contributed by atoms with Gasteiger partial charge in [0.25, 0.3) is 5.91 Å². The summed E-state index contributed by atoms with van der Waals surface area (Å²) in [6.07, 6.45) is 0. The number of aryl methyl sites for hydroxylation is 1. The number of anilines is 2. The van der Waals surface area contributed by atoms with Crippen molar-refractivity contribution < 1.29 is 14.3 Å². The SMILES string of the molecule is COCCNC(=O)c1csc(NC(=O)Nc2cccc(C)c2)n1. The van der Waals surface area contributed by atoms with Crippen LogP contribution in [0.1, 0.15) is 16.1 Å². The van der Waals surface area contributed by atoms with Crippen molar-refractivity contribution in [3.8, 4) is 0 Å². The van der Waals surface area contributed by atoms with Gasteiger partial charge in [-0.1, -0.05) is 12.1 Å². The molecule has 23 heavy (non-hydrogen) atoms. The van der Waals surface area contributed by atoms with Crippen LogP contribution >= 0.6 is 11.3 Å². The maximum Gasteiger partial charge on any atom is 0.325 e. The van der Waals surface area contributed by atoms with E-state index in [-0.39, 0.29) is 11.6 Å². The van der Waals surface area contributed by atoms with Crippen LogP contribution in [0.3, 0.4) is 0 Å². The Morgan fingerprint density at radius 1 is 1.30 bits per heavy atom. The van der Waals surface area contributed by atoms with Gasteiger partial charge in [-0.25, -0.2) is 9.78 Å². The molecule has 2 rings (SSSR count). The van der Waals surface area contributed by atoms with Crippen molar-refractivity contribution in [2.75, 3.05) is 30.9 Å². The third-order valence-electron chi connectivity index (χ3n) is 2.82. The molecule has 8 heteroatoms. The van der Waals surface area contributed by atoms with Gasteiger partial charge in [0.15, 0.2) is 5.13 Å². The van der Waals surface area contributed by atoms with Crippen molar-refractivity contribution in [2.24, 2.45) is 0 Å².